The molecule has 0 amide bonds. The van der Waals surface area contributed by atoms with Gasteiger partial charge in [-0.25, -0.2) is 0 Å². The monoisotopic (exact) mass is 792 g/mol. The summed E-state index contributed by atoms with van der Waals surface area (Å²) in [6, 6.07) is 51.6. The van der Waals surface area contributed by atoms with Crippen LogP contribution in [0.4, 0.5) is 11.4 Å². The largest absolute Gasteiger partial charge is 0.372 e. The number of hydrogen-bond donors (Lipinski definition) is 0. The molecule has 3 heteroatoms. The van der Waals surface area contributed by atoms with E-state index < -0.39 is 0 Å². The molecule has 3 nitrogen and oxygen atoms in total. The van der Waals surface area contributed by atoms with Crippen molar-refractivity contribution in [3.05, 3.63) is 196 Å². The summed E-state index contributed by atoms with van der Waals surface area (Å²) in [4.78, 5) is 9.34. The normalized spacial score (nSPS) is 11.3. The number of anilines is 2. The van der Waals surface area contributed by atoms with E-state index in [1.165, 1.54) is 107 Å². The van der Waals surface area contributed by atoms with E-state index in [4.69, 9.17) is 0 Å². The van der Waals surface area contributed by atoms with Crippen molar-refractivity contribution < 1.29 is 0 Å². The molecule has 0 N–H and O–H groups in total. The van der Waals surface area contributed by atoms with Crippen molar-refractivity contribution in [3.8, 4) is 0 Å². The SMILES string of the molecule is CCCCN(CCCC)c1ccc(C(=C(c2ccc(C=Cc3ccccc3)cc2)c2ccc(C=Cc3ccncc3)cc2)c2ccc(N(CCCC)CCCC)cc2)cc1. The lowest BCUT2D eigenvalue weighted by atomic mass is 9.85. The number of pyridine rings is 1. The third-order valence-corrected chi connectivity index (χ3v) is 11.3. The molecule has 0 atom stereocenters. The van der Waals surface area contributed by atoms with Gasteiger partial charge in [-0.05, 0) is 118 Å². The molecule has 0 spiro atoms. The van der Waals surface area contributed by atoms with Gasteiger partial charge in [-0.2, -0.15) is 0 Å². The number of unbranched alkanes of at least 4 members (excludes halogenated alkanes) is 4. The zero-order valence-electron chi connectivity index (χ0n) is 36.6. The first-order valence-corrected chi connectivity index (χ1v) is 22.6. The summed E-state index contributed by atoms with van der Waals surface area (Å²) < 4.78 is 0. The van der Waals surface area contributed by atoms with Gasteiger partial charge in [0.05, 0.1) is 0 Å². The second kappa shape index (κ2) is 23.6. The minimum Gasteiger partial charge on any atom is -0.372 e. The van der Waals surface area contributed by atoms with E-state index in [0.717, 1.165) is 37.3 Å². The standard InChI is InChI=1S/C57H65N3/c1-5-9-42-59(43-10-6-2)54-34-30-52(31-35-54)57(53-32-36-55(37-33-53)60(44-11-7-3)45-12-8-4)56(50-26-22-47(23-27-50)19-18-46-16-14-13-15-17-46)51-28-24-48(25-29-51)20-21-49-38-40-58-41-39-49/h13-41H,5-12,42-45H2,1-4H3. The van der Waals surface area contributed by atoms with Crippen molar-refractivity contribution >= 4 is 46.8 Å². The molecular formula is C57H65N3. The molecule has 0 fully saturated rings. The number of aromatic nitrogens is 1. The fraction of sp³-hybridized carbons (Fsp3) is 0.281. The zero-order valence-corrected chi connectivity index (χ0v) is 36.6. The van der Waals surface area contributed by atoms with Gasteiger partial charge in [0.15, 0.2) is 0 Å². The van der Waals surface area contributed by atoms with Crippen LogP contribution in [0.25, 0.3) is 35.5 Å². The topological polar surface area (TPSA) is 19.4 Å². The summed E-state index contributed by atoms with van der Waals surface area (Å²) in [5, 5.41) is 0. The van der Waals surface area contributed by atoms with Crippen LogP contribution in [-0.4, -0.2) is 31.2 Å². The van der Waals surface area contributed by atoms with E-state index in [2.05, 4.69) is 194 Å². The highest BCUT2D eigenvalue weighted by Gasteiger charge is 2.18. The van der Waals surface area contributed by atoms with Crippen LogP contribution in [0, 0.1) is 0 Å². The second-order valence-electron chi connectivity index (χ2n) is 15.8. The Bertz CT molecular complexity index is 2040. The van der Waals surface area contributed by atoms with Gasteiger partial charge >= 0.3 is 0 Å². The highest BCUT2D eigenvalue weighted by atomic mass is 15.1. The molecule has 60 heavy (non-hydrogen) atoms. The molecule has 308 valence electrons. The Morgan fingerprint density at radius 3 is 1.00 bits per heavy atom. The minimum absolute atomic E-state index is 1.09. The summed E-state index contributed by atoms with van der Waals surface area (Å²) in [6.07, 6.45) is 22.0. The Morgan fingerprint density at radius 1 is 0.367 bits per heavy atom. The van der Waals surface area contributed by atoms with E-state index >= 15 is 0 Å². The summed E-state index contributed by atoms with van der Waals surface area (Å²) in [5.74, 6) is 0. The number of benzene rings is 5. The van der Waals surface area contributed by atoms with Crippen molar-refractivity contribution in [1.82, 2.24) is 4.98 Å². The fourth-order valence-corrected chi connectivity index (χ4v) is 7.67. The van der Waals surface area contributed by atoms with E-state index in [0.29, 0.717) is 0 Å². The average Bonchev–Trinajstić information content (AvgIpc) is 3.31. The third kappa shape index (κ3) is 12.5. The van der Waals surface area contributed by atoms with Crippen LogP contribution in [0.2, 0.25) is 0 Å². The highest BCUT2D eigenvalue weighted by molar-refractivity contribution is 6.05. The van der Waals surface area contributed by atoms with Crippen LogP contribution in [-0.2, 0) is 0 Å². The Balaban J connectivity index is 1.50. The molecule has 1 heterocycles. The maximum atomic E-state index is 4.18. The van der Waals surface area contributed by atoms with Gasteiger partial charge in [-0.1, -0.05) is 181 Å². The first-order chi connectivity index (χ1) is 29.6. The molecule has 0 aliphatic carbocycles. The molecule has 6 rings (SSSR count). The van der Waals surface area contributed by atoms with Crippen molar-refractivity contribution in [2.75, 3.05) is 36.0 Å². The molecule has 0 aliphatic rings. The van der Waals surface area contributed by atoms with Crippen LogP contribution in [0.1, 0.15) is 124 Å². The Hall–Kier alpha value is -5.93. The molecule has 6 aromatic rings. The van der Waals surface area contributed by atoms with Gasteiger partial charge in [0, 0.05) is 49.9 Å². The van der Waals surface area contributed by atoms with Crippen molar-refractivity contribution in [1.29, 1.82) is 0 Å². The van der Waals surface area contributed by atoms with Gasteiger partial charge in [-0.3, -0.25) is 4.98 Å². The quantitative estimate of drug-likeness (QED) is 0.0639. The molecule has 0 saturated carbocycles. The Labute approximate surface area is 361 Å². The predicted octanol–water partition coefficient (Wildman–Crippen LogP) is 15.2. The van der Waals surface area contributed by atoms with E-state index in [1.807, 2.05) is 24.5 Å². The summed E-state index contributed by atoms with van der Waals surface area (Å²) in [5.41, 5.74) is 14.5. The number of rotatable bonds is 22. The average molecular weight is 792 g/mol. The molecule has 0 radical (unpaired) electrons. The lowest BCUT2D eigenvalue weighted by Gasteiger charge is -2.26. The second-order valence-corrected chi connectivity index (χ2v) is 15.8. The first kappa shape index (κ1) is 43.6. The highest BCUT2D eigenvalue weighted by Crippen LogP contribution is 2.39. The lowest BCUT2D eigenvalue weighted by Crippen LogP contribution is -2.25. The van der Waals surface area contributed by atoms with Gasteiger partial charge in [0.25, 0.3) is 0 Å². The van der Waals surface area contributed by atoms with Crippen LogP contribution >= 0.6 is 0 Å². The van der Waals surface area contributed by atoms with E-state index in [9.17, 15) is 0 Å². The molecule has 0 saturated heterocycles. The Kier molecular flexibility index (Phi) is 17.2. The van der Waals surface area contributed by atoms with E-state index in [1.54, 1.807) is 0 Å². The predicted molar refractivity (Wildman–Crippen MR) is 263 cm³/mol. The smallest absolute Gasteiger partial charge is 0.0366 e. The fourth-order valence-electron chi connectivity index (χ4n) is 7.67. The molecule has 1 aromatic heterocycles. The maximum Gasteiger partial charge on any atom is 0.0366 e. The summed E-state index contributed by atoms with van der Waals surface area (Å²) in [7, 11) is 0. The van der Waals surface area contributed by atoms with Crippen molar-refractivity contribution in [2.24, 2.45) is 0 Å². The van der Waals surface area contributed by atoms with Gasteiger partial charge in [0.1, 0.15) is 0 Å². The number of hydrogen-bond acceptors (Lipinski definition) is 3. The summed E-state index contributed by atoms with van der Waals surface area (Å²) in [6.45, 7) is 13.5. The van der Waals surface area contributed by atoms with Crippen LogP contribution in [0.3, 0.4) is 0 Å². The summed E-state index contributed by atoms with van der Waals surface area (Å²) >= 11 is 0. The van der Waals surface area contributed by atoms with Crippen LogP contribution in [0.15, 0.2) is 152 Å². The van der Waals surface area contributed by atoms with Gasteiger partial charge < -0.3 is 9.80 Å². The molecule has 5 aromatic carbocycles. The third-order valence-electron chi connectivity index (χ3n) is 11.3. The van der Waals surface area contributed by atoms with Crippen LogP contribution < -0.4 is 9.80 Å². The van der Waals surface area contributed by atoms with Crippen molar-refractivity contribution in [3.63, 3.8) is 0 Å². The van der Waals surface area contributed by atoms with Gasteiger partial charge in [0.2, 0.25) is 0 Å². The lowest BCUT2D eigenvalue weighted by molar-refractivity contribution is 0.678. The molecule has 0 unspecified atom stereocenters. The molecule has 0 aliphatic heterocycles. The van der Waals surface area contributed by atoms with Crippen molar-refractivity contribution in [2.45, 2.75) is 79.1 Å². The minimum atomic E-state index is 1.09. The zero-order chi connectivity index (χ0) is 41.8. The first-order valence-electron chi connectivity index (χ1n) is 22.6. The van der Waals surface area contributed by atoms with Crippen LogP contribution in [0.5, 0.6) is 0 Å². The van der Waals surface area contributed by atoms with E-state index in [-0.39, 0.29) is 0 Å². The Morgan fingerprint density at radius 2 is 0.667 bits per heavy atom. The molecular weight excluding hydrogens is 727 g/mol. The van der Waals surface area contributed by atoms with Gasteiger partial charge in [-0.15, -0.1) is 0 Å². The number of nitrogens with zero attached hydrogens (tertiary/aromatic N) is 3. The maximum absolute atomic E-state index is 4.18. The molecule has 0 bridgehead atoms.